The van der Waals surface area contributed by atoms with Gasteiger partial charge in [-0.05, 0) is 13.3 Å². The van der Waals surface area contributed by atoms with Crippen molar-refractivity contribution in [3.8, 4) is 0 Å². The quantitative estimate of drug-likeness (QED) is 0.607. The molecule has 0 radical (unpaired) electrons. The largest absolute Gasteiger partial charge is 0.481 e. The van der Waals surface area contributed by atoms with E-state index in [1.165, 1.54) is 0 Å². The Labute approximate surface area is 100 Å². The standard InChI is InChI=1S/C11H18N2O4/c1-3-4-7(2)12-11(16)13-9-6-17-5-8(9)10(14)15/h3,7-9H,1,4-6H2,2H3,(H,14,15)(H2,12,13,16). The van der Waals surface area contributed by atoms with Crippen molar-refractivity contribution in [3.05, 3.63) is 12.7 Å². The number of nitrogens with one attached hydrogen (secondary N) is 2. The molecule has 6 nitrogen and oxygen atoms in total. The average Bonchev–Trinajstić information content (AvgIpc) is 2.65. The number of aliphatic carboxylic acids is 1. The summed E-state index contributed by atoms with van der Waals surface area (Å²) in [6, 6.07) is -0.873. The highest BCUT2D eigenvalue weighted by molar-refractivity contribution is 5.77. The number of hydrogen-bond acceptors (Lipinski definition) is 3. The zero-order chi connectivity index (χ0) is 12.8. The molecule has 0 spiro atoms. The van der Waals surface area contributed by atoms with Crippen molar-refractivity contribution < 1.29 is 19.4 Å². The highest BCUT2D eigenvalue weighted by Gasteiger charge is 2.35. The Morgan fingerprint density at radius 3 is 2.88 bits per heavy atom. The number of ether oxygens (including phenoxy) is 1. The van der Waals surface area contributed by atoms with Crippen molar-refractivity contribution in [2.75, 3.05) is 13.2 Å². The molecule has 0 aliphatic carbocycles. The molecule has 6 heteroatoms. The minimum Gasteiger partial charge on any atom is -0.481 e. The summed E-state index contributed by atoms with van der Waals surface area (Å²) < 4.78 is 5.04. The van der Waals surface area contributed by atoms with Gasteiger partial charge in [-0.2, -0.15) is 0 Å². The van der Waals surface area contributed by atoms with Crippen LogP contribution in [-0.4, -0.2) is 42.4 Å². The van der Waals surface area contributed by atoms with Crippen LogP contribution in [0.5, 0.6) is 0 Å². The number of carbonyl (C=O) groups excluding carboxylic acids is 1. The van der Waals surface area contributed by atoms with E-state index in [4.69, 9.17) is 9.84 Å². The second-order valence-electron chi connectivity index (χ2n) is 4.13. The summed E-state index contributed by atoms with van der Waals surface area (Å²) in [5, 5.41) is 14.2. The van der Waals surface area contributed by atoms with E-state index in [9.17, 15) is 9.59 Å². The molecule has 0 saturated carbocycles. The first kappa shape index (κ1) is 13.5. The van der Waals surface area contributed by atoms with E-state index in [1.54, 1.807) is 6.08 Å². The summed E-state index contributed by atoms with van der Waals surface area (Å²) in [4.78, 5) is 22.4. The molecule has 1 fully saturated rings. The second-order valence-corrected chi connectivity index (χ2v) is 4.13. The third-order valence-corrected chi connectivity index (χ3v) is 2.61. The summed E-state index contributed by atoms with van der Waals surface area (Å²) in [6.07, 6.45) is 2.38. The molecule has 1 aliphatic heterocycles. The first-order chi connectivity index (χ1) is 8.04. The zero-order valence-electron chi connectivity index (χ0n) is 9.81. The highest BCUT2D eigenvalue weighted by Crippen LogP contribution is 2.13. The Kier molecular flexibility index (Phi) is 4.96. The SMILES string of the molecule is C=CCC(C)NC(=O)NC1COCC1C(=O)O. The number of hydrogen-bond donors (Lipinski definition) is 3. The fourth-order valence-corrected chi connectivity index (χ4v) is 1.68. The van der Waals surface area contributed by atoms with Crippen LogP contribution in [-0.2, 0) is 9.53 Å². The molecule has 3 N–H and O–H groups in total. The van der Waals surface area contributed by atoms with Gasteiger partial charge in [0, 0.05) is 6.04 Å². The third-order valence-electron chi connectivity index (χ3n) is 2.61. The molecule has 1 saturated heterocycles. The van der Waals surface area contributed by atoms with E-state index in [0.717, 1.165) is 0 Å². The van der Waals surface area contributed by atoms with Gasteiger partial charge in [0.15, 0.2) is 0 Å². The van der Waals surface area contributed by atoms with Gasteiger partial charge in [-0.25, -0.2) is 4.79 Å². The fourth-order valence-electron chi connectivity index (χ4n) is 1.68. The maximum atomic E-state index is 11.5. The van der Waals surface area contributed by atoms with Crippen LogP contribution in [0.4, 0.5) is 4.79 Å². The van der Waals surface area contributed by atoms with Crippen LogP contribution in [0.2, 0.25) is 0 Å². The lowest BCUT2D eigenvalue weighted by Gasteiger charge is -2.18. The van der Waals surface area contributed by atoms with Crippen LogP contribution in [0.25, 0.3) is 0 Å². The van der Waals surface area contributed by atoms with Crippen molar-refractivity contribution in [2.24, 2.45) is 5.92 Å². The van der Waals surface area contributed by atoms with Gasteiger partial charge in [0.2, 0.25) is 0 Å². The Balaban J connectivity index is 2.40. The minimum absolute atomic E-state index is 0.0295. The molecule has 1 heterocycles. The van der Waals surface area contributed by atoms with Gasteiger partial charge in [0.1, 0.15) is 5.92 Å². The predicted molar refractivity (Wildman–Crippen MR) is 61.7 cm³/mol. The Hall–Kier alpha value is -1.56. The van der Waals surface area contributed by atoms with Gasteiger partial charge in [-0.3, -0.25) is 4.79 Å². The number of rotatable bonds is 5. The lowest BCUT2D eigenvalue weighted by molar-refractivity contribution is -0.142. The monoisotopic (exact) mass is 242 g/mol. The number of carboxylic acids is 1. The molecular formula is C11H18N2O4. The van der Waals surface area contributed by atoms with Crippen molar-refractivity contribution in [1.29, 1.82) is 0 Å². The number of carbonyl (C=O) groups is 2. The number of urea groups is 1. The molecule has 0 aromatic rings. The Morgan fingerprint density at radius 2 is 2.29 bits per heavy atom. The normalized spacial score (nSPS) is 25.0. The van der Waals surface area contributed by atoms with E-state index in [2.05, 4.69) is 17.2 Å². The average molecular weight is 242 g/mol. The van der Waals surface area contributed by atoms with Gasteiger partial charge in [0.25, 0.3) is 0 Å². The Morgan fingerprint density at radius 1 is 1.59 bits per heavy atom. The first-order valence-corrected chi connectivity index (χ1v) is 5.53. The smallest absolute Gasteiger partial charge is 0.315 e. The number of carboxylic acid groups (broad SMARTS) is 1. The maximum Gasteiger partial charge on any atom is 0.315 e. The predicted octanol–water partition coefficient (Wildman–Crippen LogP) is 0.350. The molecule has 1 aliphatic rings. The van der Waals surface area contributed by atoms with Crippen LogP contribution in [0.15, 0.2) is 12.7 Å². The molecule has 0 aromatic carbocycles. The summed E-state index contributed by atoms with van der Waals surface area (Å²) in [7, 11) is 0. The number of amides is 2. The molecular weight excluding hydrogens is 224 g/mol. The summed E-state index contributed by atoms with van der Waals surface area (Å²) in [6.45, 7) is 5.80. The molecule has 1 rings (SSSR count). The lowest BCUT2D eigenvalue weighted by Crippen LogP contribution is -2.49. The molecule has 3 atom stereocenters. The Bertz CT molecular complexity index is 306. The van der Waals surface area contributed by atoms with Crippen molar-refractivity contribution >= 4 is 12.0 Å². The van der Waals surface area contributed by atoms with Crippen molar-refractivity contribution in [3.63, 3.8) is 0 Å². The zero-order valence-corrected chi connectivity index (χ0v) is 9.81. The van der Waals surface area contributed by atoms with Gasteiger partial charge >= 0.3 is 12.0 Å². The lowest BCUT2D eigenvalue weighted by atomic mass is 10.0. The van der Waals surface area contributed by atoms with Crippen LogP contribution < -0.4 is 10.6 Å². The second kappa shape index (κ2) is 6.24. The van der Waals surface area contributed by atoms with E-state index in [0.29, 0.717) is 6.42 Å². The van der Waals surface area contributed by atoms with Crippen LogP contribution in [0, 0.1) is 5.92 Å². The van der Waals surface area contributed by atoms with Gasteiger partial charge < -0.3 is 20.5 Å². The minimum atomic E-state index is -0.952. The molecule has 0 bridgehead atoms. The molecule has 17 heavy (non-hydrogen) atoms. The van der Waals surface area contributed by atoms with E-state index in [-0.39, 0.29) is 25.3 Å². The van der Waals surface area contributed by atoms with E-state index >= 15 is 0 Å². The molecule has 3 unspecified atom stereocenters. The van der Waals surface area contributed by atoms with E-state index in [1.807, 2.05) is 6.92 Å². The van der Waals surface area contributed by atoms with Gasteiger partial charge in [-0.1, -0.05) is 6.08 Å². The highest BCUT2D eigenvalue weighted by atomic mass is 16.5. The van der Waals surface area contributed by atoms with Crippen molar-refractivity contribution in [2.45, 2.75) is 25.4 Å². The first-order valence-electron chi connectivity index (χ1n) is 5.53. The van der Waals surface area contributed by atoms with Crippen molar-refractivity contribution in [1.82, 2.24) is 10.6 Å². The van der Waals surface area contributed by atoms with Crippen LogP contribution in [0.3, 0.4) is 0 Å². The fraction of sp³-hybridized carbons (Fsp3) is 0.636. The third kappa shape index (κ3) is 4.07. The topological polar surface area (TPSA) is 87.7 Å². The molecule has 2 amide bonds. The van der Waals surface area contributed by atoms with Crippen LogP contribution in [0.1, 0.15) is 13.3 Å². The van der Waals surface area contributed by atoms with Crippen LogP contribution >= 0.6 is 0 Å². The molecule has 96 valence electrons. The maximum absolute atomic E-state index is 11.5. The summed E-state index contributed by atoms with van der Waals surface area (Å²) in [5.74, 6) is -1.62. The van der Waals surface area contributed by atoms with Gasteiger partial charge in [0.05, 0.1) is 19.3 Å². The van der Waals surface area contributed by atoms with Gasteiger partial charge in [-0.15, -0.1) is 6.58 Å². The summed E-state index contributed by atoms with van der Waals surface area (Å²) >= 11 is 0. The van der Waals surface area contributed by atoms with E-state index < -0.39 is 17.9 Å². The summed E-state index contributed by atoms with van der Waals surface area (Å²) in [5.41, 5.74) is 0. The molecule has 0 aromatic heterocycles.